The lowest BCUT2D eigenvalue weighted by Crippen LogP contribution is -2.36. The summed E-state index contributed by atoms with van der Waals surface area (Å²) >= 11 is 0. The van der Waals surface area contributed by atoms with Gasteiger partial charge in [-0.2, -0.15) is 5.26 Å². The summed E-state index contributed by atoms with van der Waals surface area (Å²) < 4.78 is 9.74. The number of amides is 1. The average molecular weight is 350 g/mol. The Labute approximate surface area is 151 Å². The molecule has 1 N–H and O–H groups in total. The number of alkyl carbamates (subject to hydrolysis) is 1. The first-order chi connectivity index (χ1) is 12.6. The van der Waals surface area contributed by atoms with Crippen molar-refractivity contribution >= 4 is 12.1 Å². The second kappa shape index (κ2) is 7.70. The molecule has 0 spiro atoms. The van der Waals surface area contributed by atoms with E-state index in [-0.39, 0.29) is 13.0 Å². The lowest BCUT2D eigenvalue weighted by atomic mass is 10.0. The quantitative estimate of drug-likeness (QED) is 0.715. The third-order valence-electron chi connectivity index (χ3n) is 4.35. The van der Waals surface area contributed by atoms with Gasteiger partial charge in [-0.15, -0.1) is 0 Å². The van der Waals surface area contributed by atoms with Gasteiger partial charge in [0.25, 0.3) is 0 Å². The van der Waals surface area contributed by atoms with Crippen molar-refractivity contribution in [2.75, 3.05) is 7.11 Å². The minimum absolute atomic E-state index is 0.0966. The van der Waals surface area contributed by atoms with E-state index in [1.807, 2.05) is 30.3 Å². The summed E-state index contributed by atoms with van der Waals surface area (Å²) in [5.41, 5.74) is 5.68. The van der Waals surface area contributed by atoms with Crippen LogP contribution in [0, 0.1) is 11.3 Å². The van der Waals surface area contributed by atoms with E-state index in [1.54, 1.807) is 0 Å². The Morgan fingerprint density at radius 2 is 1.96 bits per heavy atom. The lowest BCUT2D eigenvalue weighted by molar-refractivity contribution is -0.140. The van der Waals surface area contributed by atoms with Crippen molar-refractivity contribution in [3.63, 3.8) is 0 Å². The van der Waals surface area contributed by atoms with E-state index in [9.17, 15) is 9.59 Å². The maximum Gasteiger partial charge on any atom is 0.408 e. The fraction of sp³-hybridized carbons (Fsp3) is 0.250. The van der Waals surface area contributed by atoms with Crippen molar-refractivity contribution < 1.29 is 19.1 Å². The molecule has 0 bridgehead atoms. The van der Waals surface area contributed by atoms with Crippen LogP contribution in [0.25, 0.3) is 11.1 Å². The van der Waals surface area contributed by atoms with E-state index in [2.05, 4.69) is 28.3 Å². The van der Waals surface area contributed by atoms with Gasteiger partial charge in [-0.25, -0.2) is 4.79 Å². The molecule has 132 valence electrons. The van der Waals surface area contributed by atoms with Gasteiger partial charge in [0, 0.05) is 0 Å². The largest absolute Gasteiger partial charge is 0.469 e. The molecule has 1 aliphatic rings. The number of benzene rings is 2. The molecule has 6 heteroatoms. The summed E-state index contributed by atoms with van der Waals surface area (Å²) in [6.45, 7) is 0.0966. The van der Waals surface area contributed by atoms with Crippen molar-refractivity contribution in [1.82, 2.24) is 5.32 Å². The van der Waals surface area contributed by atoms with Gasteiger partial charge in [-0.1, -0.05) is 42.5 Å². The summed E-state index contributed by atoms with van der Waals surface area (Å²) in [7, 11) is 1.23. The van der Waals surface area contributed by atoms with Crippen LogP contribution in [0.2, 0.25) is 0 Å². The molecule has 0 heterocycles. The molecule has 1 aliphatic carbocycles. The SMILES string of the molecule is COC(=O)CC(C#N)NC(=O)OCc1cccc2c1Cc1ccccc1-2. The standard InChI is InChI=1S/C20H18N2O4/c1-25-19(23)10-15(11-21)22-20(24)26-12-14-6-4-8-17-16-7-3-2-5-13(16)9-18(14)17/h2-8,15H,9-10,12H2,1H3,(H,22,24). The zero-order valence-electron chi connectivity index (χ0n) is 14.3. The fourth-order valence-corrected chi connectivity index (χ4v) is 3.06. The number of nitrogens with zero attached hydrogens (tertiary/aromatic N) is 1. The smallest absolute Gasteiger partial charge is 0.408 e. The van der Waals surface area contributed by atoms with E-state index >= 15 is 0 Å². The fourth-order valence-electron chi connectivity index (χ4n) is 3.06. The molecule has 1 amide bonds. The van der Waals surface area contributed by atoms with Crippen LogP contribution in [0.1, 0.15) is 23.1 Å². The van der Waals surface area contributed by atoms with Gasteiger partial charge in [-0.3, -0.25) is 4.79 Å². The van der Waals surface area contributed by atoms with Crippen molar-refractivity contribution in [2.24, 2.45) is 0 Å². The molecule has 0 radical (unpaired) electrons. The molecule has 0 aliphatic heterocycles. The van der Waals surface area contributed by atoms with Crippen LogP contribution in [-0.4, -0.2) is 25.2 Å². The number of hydrogen-bond donors (Lipinski definition) is 1. The maximum atomic E-state index is 11.9. The van der Waals surface area contributed by atoms with Crippen LogP contribution in [0.3, 0.4) is 0 Å². The zero-order chi connectivity index (χ0) is 18.5. The second-order valence-electron chi connectivity index (χ2n) is 5.96. The summed E-state index contributed by atoms with van der Waals surface area (Å²) in [5, 5.41) is 11.4. The summed E-state index contributed by atoms with van der Waals surface area (Å²) in [4.78, 5) is 23.1. The van der Waals surface area contributed by atoms with Crippen LogP contribution >= 0.6 is 0 Å². The first kappa shape index (κ1) is 17.5. The van der Waals surface area contributed by atoms with Gasteiger partial charge in [0.15, 0.2) is 0 Å². The van der Waals surface area contributed by atoms with Gasteiger partial charge in [0.2, 0.25) is 0 Å². The van der Waals surface area contributed by atoms with Crippen molar-refractivity contribution in [2.45, 2.75) is 25.5 Å². The molecular weight excluding hydrogens is 332 g/mol. The number of nitriles is 1. The third-order valence-corrected chi connectivity index (χ3v) is 4.35. The number of fused-ring (bicyclic) bond motifs is 3. The van der Waals surface area contributed by atoms with Gasteiger partial charge >= 0.3 is 12.1 Å². The Hall–Kier alpha value is -3.33. The molecule has 0 aromatic heterocycles. The summed E-state index contributed by atoms with van der Waals surface area (Å²) in [5.74, 6) is -0.574. The normalized spacial score (nSPS) is 12.3. The molecular formula is C20H18N2O4. The molecule has 0 fully saturated rings. The summed E-state index contributed by atoms with van der Waals surface area (Å²) in [6, 6.07) is 15.0. The van der Waals surface area contributed by atoms with Crippen LogP contribution in [0.15, 0.2) is 42.5 Å². The average Bonchev–Trinajstić information content (AvgIpc) is 3.05. The second-order valence-corrected chi connectivity index (χ2v) is 5.96. The van der Waals surface area contributed by atoms with Crippen LogP contribution in [0.5, 0.6) is 0 Å². The number of nitrogens with one attached hydrogen (secondary N) is 1. The van der Waals surface area contributed by atoms with Gasteiger partial charge in [-0.05, 0) is 34.2 Å². The highest BCUT2D eigenvalue weighted by Gasteiger charge is 2.21. The Bertz CT molecular complexity index is 886. The summed E-state index contributed by atoms with van der Waals surface area (Å²) in [6.07, 6.45) is -0.165. The number of rotatable bonds is 5. The monoisotopic (exact) mass is 350 g/mol. The van der Waals surface area contributed by atoms with Crippen LogP contribution in [0.4, 0.5) is 4.79 Å². The Morgan fingerprint density at radius 3 is 2.73 bits per heavy atom. The maximum absolute atomic E-state index is 11.9. The predicted octanol–water partition coefficient (Wildman–Crippen LogP) is 2.94. The van der Waals surface area contributed by atoms with E-state index in [1.165, 1.54) is 18.2 Å². The first-order valence-electron chi connectivity index (χ1n) is 8.21. The van der Waals surface area contributed by atoms with Gasteiger partial charge in [0.1, 0.15) is 12.6 Å². The minimum atomic E-state index is -0.985. The highest BCUT2D eigenvalue weighted by Crippen LogP contribution is 2.38. The molecule has 6 nitrogen and oxygen atoms in total. The highest BCUT2D eigenvalue weighted by atomic mass is 16.5. The molecule has 26 heavy (non-hydrogen) atoms. The van der Waals surface area contributed by atoms with E-state index in [4.69, 9.17) is 10.00 Å². The first-order valence-corrected chi connectivity index (χ1v) is 8.21. The third kappa shape index (κ3) is 3.67. The van der Waals surface area contributed by atoms with Crippen molar-refractivity contribution in [3.8, 4) is 17.2 Å². The minimum Gasteiger partial charge on any atom is -0.469 e. The molecule has 3 rings (SSSR count). The van der Waals surface area contributed by atoms with Gasteiger partial charge < -0.3 is 14.8 Å². The Kier molecular flexibility index (Phi) is 5.18. The van der Waals surface area contributed by atoms with E-state index in [0.29, 0.717) is 0 Å². The Morgan fingerprint density at radius 1 is 1.19 bits per heavy atom. The van der Waals surface area contributed by atoms with E-state index in [0.717, 1.165) is 23.1 Å². The van der Waals surface area contributed by atoms with Crippen molar-refractivity contribution in [3.05, 3.63) is 59.2 Å². The molecule has 1 atom stereocenters. The molecule has 0 saturated heterocycles. The lowest BCUT2D eigenvalue weighted by Gasteiger charge is -2.12. The van der Waals surface area contributed by atoms with Crippen LogP contribution in [-0.2, 0) is 27.3 Å². The number of esters is 1. The number of carbonyl (C=O) groups excluding carboxylic acids is 2. The van der Waals surface area contributed by atoms with Crippen molar-refractivity contribution in [1.29, 1.82) is 5.26 Å². The molecule has 1 unspecified atom stereocenters. The van der Waals surface area contributed by atoms with Gasteiger partial charge in [0.05, 0.1) is 19.6 Å². The van der Waals surface area contributed by atoms with E-state index < -0.39 is 18.1 Å². The van der Waals surface area contributed by atoms with Crippen LogP contribution < -0.4 is 5.32 Å². The highest BCUT2D eigenvalue weighted by molar-refractivity contribution is 5.78. The topological polar surface area (TPSA) is 88.4 Å². The zero-order valence-corrected chi connectivity index (χ0v) is 14.3. The predicted molar refractivity (Wildman–Crippen MR) is 94.0 cm³/mol. The molecule has 2 aromatic rings. The number of carbonyl (C=O) groups is 2. The Balaban J connectivity index is 1.64. The molecule has 2 aromatic carbocycles. The molecule has 0 saturated carbocycles. The number of ether oxygens (including phenoxy) is 2. The number of hydrogen-bond acceptors (Lipinski definition) is 5. The number of methoxy groups -OCH3 is 1.